The number of carbonyl (C=O) groups is 1. The third-order valence-electron chi connectivity index (χ3n) is 6.65. The topological polar surface area (TPSA) is 66.9 Å². The lowest BCUT2D eigenvalue weighted by molar-refractivity contribution is -0.137. The third-order valence-corrected chi connectivity index (χ3v) is 9.25. The molecule has 1 aromatic rings. The minimum absolute atomic E-state index is 0.0915. The molecule has 0 N–H and O–H groups in total. The predicted octanol–water partition coefficient (Wildman–Crippen LogP) is 1.36. The predicted molar refractivity (Wildman–Crippen MR) is 108 cm³/mol. The van der Waals surface area contributed by atoms with Gasteiger partial charge in [-0.2, -0.15) is 0 Å². The molecule has 3 saturated heterocycles. The zero-order valence-corrected chi connectivity index (χ0v) is 17.2. The summed E-state index contributed by atoms with van der Waals surface area (Å²) in [5.41, 5.74) is 1.24. The van der Waals surface area contributed by atoms with Crippen molar-refractivity contribution in [3.8, 4) is 0 Å². The Bertz CT molecular complexity index is 784. The lowest BCUT2D eigenvalue weighted by Crippen LogP contribution is -2.69. The van der Waals surface area contributed by atoms with Crippen molar-refractivity contribution < 1.29 is 17.9 Å². The quantitative estimate of drug-likeness (QED) is 0.714. The van der Waals surface area contributed by atoms with Crippen LogP contribution in [0.4, 0.5) is 0 Å². The number of morpholine rings is 1. The van der Waals surface area contributed by atoms with Crippen LogP contribution >= 0.6 is 0 Å². The first-order valence-corrected chi connectivity index (χ1v) is 12.0. The van der Waals surface area contributed by atoms with E-state index in [1.165, 1.54) is 5.56 Å². The monoisotopic (exact) mass is 406 g/mol. The molecule has 3 aliphatic rings. The molecule has 1 unspecified atom stereocenters. The van der Waals surface area contributed by atoms with E-state index < -0.39 is 14.6 Å². The summed E-state index contributed by atoms with van der Waals surface area (Å²) >= 11 is 0. The molecule has 3 heterocycles. The minimum atomic E-state index is -3.13. The van der Waals surface area contributed by atoms with Crippen molar-refractivity contribution in [2.75, 3.05) is 51.7 Å². The minimum Gasteiger partial charge on any atom is -0.379 e. The first kappa shape index (κ1) is 19.9. The number of hydrogen-bond donors (Lipinski definition) is 0. The van der Waals surface area contributed by atoms with E-state index in [4.69, 9.17) is 4.74 Å². The largest absolute Gasteiger partial charge is 0.379 e. The number of aryl methyl sites for hydroxylation is 1. The van der Waals surface area contributed by atoms with E-state index in [-0.39, 0.29) is 17.6 Å². The molecule has 28 heavy (non-hydrogen) atoms. The SMILES string of the molecule is O=C(CCCc1ccccc1)N1CC2(C1)C(CN1CCOCC1)CCS2(=O)=O. The van der Waals surface area contributed by atoms with Crippen molar-refractivity contribution in [2.24, 2.45) is 5.92 Å². The molecule has 1 spiro atoms. The molecule has 0 radical (unpaired) electrons. The maximum Gasteiger partial charge on any atom is 0.222 e. The second-order valence-corrected chi connectivity index (χ2v) is 10.8. The highest BCUT2D eigenvalue weighted by molar-refractivity contribution is 7.93. The molecule has 1 atom stereocenters. The highest BCUT2D eigenvalue weighted by atomic mass is 32.2. The summed E-state index contributed by atoms with van der Waals surface area (Å²) in [6, 6.07) is 10.2. The Morgan fingerprint density at radius 1 is 1.14 bits per heavy atom. The molecule has 3 fully saturated rings. The lowest BCUT2D eigenvalue weighted by Gasteiger charge is -2.51. The normalized spacial score (nSPS) is 26.3. The molecule has 0 aromatic heterocycles. The van der Waals surface area contributed by atoms with Crippen LogP contribution in [0, 0.1) is 5.92 Å². The zero-order chi connectivity index (χ0) is 19.6. The Kier molecular flexibility index (Phi) is 5.76. The Balaban J connectivity index is 1.31. The summed E-state index contributed by atoms with van der Waals surface area (Å²) in [5, 5.41) is 0. The number of ether oxygens (including phenoxy) is 1. The molecule has 1 amide bonds. The van der Waals surface area contributed by atoms with Gasteiger partial charge in [-0.15, -0.1) is 0 Å². The van der Waals surface area contributed by atoms with Crippen LogP contribution in [-0.2, 0) is 25.8 Å². The number of rotatable bonds is 6. The van der Waals surface area contributed by atoms with Gasteiger partial charge in [0.05, 0.1) is 19.0 Å². The maximum absolute atomic E-state index is 12.8. The highest BCUT2D eigenvalue weighted by Crippen LogP contribution is 2.45. The van der Waals surface area contributed by atoms with E-state index >= 15 is 0 Å². The standard InChI is InChI=1S/C21H30N2O4S/c24-20(8-4-7-18-5-2-1-3-6-18)23-16-21(17-23)19(9-14-28(21,25)26)15-22-10-12-27-13-11-22/h1-3,5-6,19H,4,7-17H2. The molecule has 0 bridgehead atoms. The Hall–Kier alpha value is -1.44. The van der Waals surface area contributed by atoms with Crippen LogP contribution < -0.4 is 0 Å². The molecule has 4 rings (SSSR count). The molecule has 154 valence electrons. The van der Waals surface area contributed by atoms with Crippen molar-refractivity contribution in [2.45, 2.75) is 30.4 Å². The summed E-state index contributed by atoms with van der Waals surface area (Å²) in [6.07, 6.45) is 2.88. The van der Waals surface area contributed by atoms with E-state index in [9.17, 15) is 13.2 Å². The van der Waals surface area contributed by atoms with Gasteiger partial charge < -0.3 is 9.64 Å². The second-order valence-electron chi connectivity index (χ2n) is 8.37. The molecular weight excluding hydrogens is 376 g/mol. The fraction of sp³-hybridized carbons (Fsp3) is 0.667. The molecule has 0 saturated carbocycles. The van der Waals surface area contributed by atoms with Gasteiger partial charge in [0.15, 0.2) is 9.84 Å². The first-order valence-electron chi connectivity index (χ1n) is 10.3. The number of benzene rings is 1. The Morgan fingerprint density at radius 2 is 1.86 bits per heavy atom. The summed E-state index contributed by atoms with van der Waals surface area (Å²) in [7, 11) is -3.13. The summed E-state index contributed by atoms with van der Waals surface area (Å²) in [6.45, 7) is 4.75. The van der Waals surface area contributed by atoms with E-state index in [1.54, 1.807) is 4.90 Å². The summed E-state index contributed by atoms with van der Waals surface area (Å²) < 4.78 is 30.3. The smallest absolute Gasteiger partial charge is 0.222 e. The van der Waals surface area contributed by atoms with E-state index in [0.29, 0.717) is 19.5 Å². The van der Waals surface area contributed by atoms with Gasteiger partial charge in [0.2, 0.25) is 5.91 Å². The average Bonchev–Trinajstić information content (AvgIpc) is 2.92. The zero-order valence-electron chi connectivity index (χ0n) is 16.4. The Morgan fingerprint density at radius 3 is 2.57 bits per heavy atom. The van der Waals surface area contributed by atoms with Gasteiger partial charge in [0.1, 0.15) is 4.75 Å². The van der Waals surface area contributed by atoms with Crippen LogP contribution in [0.15, 0.2) is 30.3 Å². The average molecular weight is 407 g/mol. The number of carbonyl (C=O) groups excluding carboxylic acids is 1. The molecular formula is C21H30N2O4S. The van der Waals surface area contributed by atoms with Crippen LogP contribution in [0.5, 0.6) is 0 Å². The van der Waals surface area contributed by atoms with Gasteiger partial charge in [-0.25, -0.2) is 8.42 Å². The van der Waals surface area contributed by atoms with Crippen molar-refractivity contribution >= 4 is 15.7 Å². The molecule has 3 aliphatic heterocycles. The Labute approximate surface area is 167 Å². The van der Waals surface area contributed by atoms with Crippen molar-refractivity contribution in [1.29, 1.82) is 0 Å². The van der Waals surface area contributed by atoms with E-state index in [2.05, 4.69) is 17.0 Å². The third kappa shape index (κ3) is 3.84. The number of sulfone groups is 1. The highest BCUT2D eigenvalue weighted by Gasteiger charge is 2.62. The van der Waals surface area contributed by atoms with E-state index in [1.807, 2.05) is 18.2 Å². The van der Waals surface area contributed by atoms with Crippen LogP contribution in [0.2, 0.25) is 0 Å². The first-order chi connectivity index (χ1) is 13.5. The van der Waals surface area contributed by atoms with Crippen LogP contribution in [0.25, 0.3) is 0 Å². The maximum atomic E-state index is 12.8. The fourth-order valence-corrected chi connectivity index (χ4v) is 7.25. The molecule has 1 aromatic carbocycles. The van der Waals surface area contributed by atoms with Gasteiger partial charge in [-0.1, -0.05) is 30.3 Å². The number of nitrogens with zero attached hydrogens (tertiary/aromatic N) is 2. The van der Waals surface area contributed by atoms with Crippen LogP contribution in [0.1, 0.15) is 24.8 Å². The molecule has 7 heteroatoms. The summed E-state index contributed by atoms with van der Waals surface area (Å²) in [4.78, 5) is 16.7. The number of amides is 1. The lowest BCUT2D eigenvalue weighted by atomic mass is 9.82. The van der Waals surface area contributed by atoms with E-state index in [0.717, 1.165) is 52.1 Å². The second kappa shape index (κ2) is 8.13. The van der Waals surface area contributed by atoms with Gasteiger partial charge in [0, 0.05) is 39.1 Å². The number of likely N-dealkylation sites (tertiary alicyclic amines) is 1. The fourth-order valence-electron chi connectivity index (χ4n) is 4.85. The van der Waals surface area contributed by atoms with Crippen molar-refractivity contribution in [3.63, 3.8) is 0 Å². The van der Waals surface area contributed by atoms with Gasteiger partial charge >= 0.3 is 0 Å². The summed E-state index contributed by atoms with van der Waals surface area (Å²) in [5.74, 6) is 0.482. The van der Waals surface area contributed by atoms with Gasteiger partial charge in [-0.3, -0.25) is 9.69 Å². The molecule has 0 aliphatic carbocycles. The van der Waals surface area contributed by atoms with Crippen LogP contribution in [0.3, 0.4) is 0 Å². The van der Waals surface area contributed by atoms with Crippen molar-refractivity contribution in [3.05, 3.63) is 35.9 Å². The van der Waals surface area contributed by atoms with Crippen molar-refractivity contribution in [1.82, 2.24) is 9.80 Å². The van der Waals surface area contributed by atoms with Gasteiger partial charge in [-0.05, 0) is 30.7 Å². The number of hydrogen-bond acceptors (Lipinski definition) is 5. The van der Waals surface area contributed by atoms with Gasteiger partial charge in [0.25, 0.3) is 0 Å². The molecule has 6 nitrogen and oxygen atoms in total. The van der Waals surface area contributed by atoms with Crippen LogP contribution in [-0.4, -0.2) is 80.6 Å².